The minimum atomic E-state index is -0.879. The zero-order valence-electron chi connectivity index (χ0n) is 14.8. The first kappa shape index (κ1) is 16.8. The van der Waals surface area contributed by atoms with Crippen LogP contribution in [0.4, 0.5) is 11.6 Å². The Morgan fingerprint density at radius 3 is 2.35 bits per heavy atom. The van der Waals surface area contributed by atoms with Crippen LogP contribution in [0.15, 0.2) is 36.7 Å². The van der Waals surface area contributed by atoms with Crippen LogP contribution in [0.1, 0.15) is 47.5 Å². The van der Waals surface area contributed by atoms with E-state index in [0.717, 1.165) is 44.2 Å². The number of carbonyl (C=O) groups is 1. The summed E-state index contributed by atoms with van der Waals surface area (Å²) < 4.78 is 0. The number of aromatic carboxylic acids is 1. The maximum absolute atomic E-state index is 11.0. The van der Waals surface area contributed by atoms with Gasteiger partial charge in [-0.2, -0.15) is 0 Å². The highest BCUT2D eigenvalue weighted by atomic mass is 16.4. The van der Waals surface area contributed by atoms with Crippen LogP contribution in [-0.4, -0.2) is 47.2 Å². The fourth-order valence-corrected chi connectivity index (χ4v) is 3.94. The van der Waals surface area contributed by atoms with Crippen LogP contribution in [-0.2, 0) is 0 Å². The Hall–Kier alpha value is -2.63. The molecule has 2 aliphatic heterocycles. The number of anilines is 2. The highest BCUT2D eigenvalue weighted by molar-refractivity contribution is 5.87. The monoisotopic (exact) mass is 352 g/mol. The molecule has 1 aromatic carbocycles. The smallest absolute Gasteiger partial charge is 0.335 e. The van der Waals surface area contributed by atoms with Crippen LogP contribution >= 0.6 is 0 Å². The molecule has 2 fully saturated rings. The van der Waals surface area contributed by atoms with Crippen LogP contribution in [0, 0.1) is 0 Å². The van der Waals surface area contributed by atoms with Gasteiger partial charge in [0.25, 0.3) is 0 Å². The van der Waals surface area contributed by atoms with E-state index in [-0.39, 0.29) is 0 Å². The van der Waals surface area contributed by atoms with Gasteiger partial charge in [-0.25, -0.2) is 14.8 Å². The van der Waals surface area contributed by atoms with Gasteiger partial charge >= 0.3 is 5.97 Å². The zero-order chi connectivity index (χ0) is 17.9. The number of hydrogen-bond acceptors (Lipinski definition) is 5. The van der Waals surface area contributed by atoms with Gasteiger partial charge in [0, 0.05) is 38.2 Å². The number of aromatic nitrogens is 2. The number of piperidine rings is 1. The maximum atomic E-state index is 11.0. The van der Waals surface area contributed by atoms with Crippen LogP contribution in [0.3, 0.4) is 0 Å². The molecule has 0 radical (unpaired) electrons. The molecule has 6 nitrogen and oxygen atoms in total. The zero-order valence-corrected chi connectivity index (χ0v) is 14.8. The lowest BCUT2D eigenvalue weighted by molar-refractivity contribution is 0.0697. The number of benzene rings is 1. The highest BCUT2D eigenvalue weighted by Gasteiger charge is 2.25. The molecule has 2 aliphatic rings. The lowest BCUT2D eigenvalue weighted by Gasteiger charge is -2.28. The molecule has 4 rings (SSSR count). The molecule has 6 heteroatoms. The Morgan fingerprint density at radius 2 is 1.65 bits per heavy atom. The number of carboxylic acids is 1. The van der Waals surface area contributed by atoms with Gasteiger partial charge in [-0.3, -0.25) is 0 Å². The van der Waals surface area contributed by atoms with Gasteiger partial charge in [0.2, 0.25) is 0 Å². The Morgan fingerprint density at radius 1 is 0.962 bits per heavy atom. The van der Waals surface area contributed by atoms with Crippen molar-refractivity contribution in [3.05, 3.63) is 47.8 Å². The van der Waals surface area contributed by atoms with Gasteiger partial charge in [0.15, 0.2) is 0 Å². The first-order valence-corrected chi connectivity index (χ1v) is 9.36. The molecule has 1 N–H and O–H groups in total. The van der Waals surface area contributed by atoms with Crippen molar-refractivity contribution in [1.82, 2.24) is 9.97 Å². The molecule has 0 bridgehead atoms. The van der Waals surface area contributed by atoms with Crippen molar-refractivity contribution in [2.75, 3.05) is 36.0 Å². The number of hydrogen-bond donors (Lipinski definition) is 1. The second-order valence-corrected chi connectivity index (χ2v) is 7.14. The van der Waals surface area contributed by atoms with E-state index in [4.69, 9.17) is 5.11 Å². The third-order valence-corrected chi connectivity index (χ3v) is 5.46. The molecule has 136 valence electrons. The van der Waals surface area contributed by atoms with Crippen LogP contribution < -0.4 is 9.80 Å². The van der Waals surface area contributed by atoms with E-state index in [1.54, 1.807) is 18.5 Å². The molecule has 0 saturated carbocycles. The molecule has 0 aliphatic carbocycles. The molecular weight excluding hydrogens is 328 g/mol. The normalized spacial score (nSPS) is 20.4. The van der Waals surface area contributed by atoms with Crippen molar-refractivity contribution in [3.8, 4) is 0 Å². The van der Waals surface area contributed by atoms with Crippen LogP contribution in [0.2, 0.25) is 0 Å². The number of nitrogens with zero attached hydrogens (tertiary/aromatic N) is 4. The summed E-state index contributed by atoms with van der Waals surface area (Å²) in [5.41, 5.74) is 1.54. The predicted octanol–water partition coefficient (Wildman–Crippen LogP) is 3.16. The van der Waals surface area contributed by atoms with Crippen molar-refractivity contribution in [1.29, 1.82) is 0 Å². The minimum absolute atomic E-state index is 0.338. The number of rotatable bonds is 4. The van der Waals surface area contributed by atoms with Crippen molar-refractivity contribution in [3.63, 3.8) is 0 Å². The summed E-state index contributed by atoms with van der Waals surface area (Å²) in [7, 11) is 0. The van der Waals surface area contributed by atoms with Gasteiger partial charge in [-0.15, -0.1) is 0 Å². The van der Waals surface area contributed by atoms with Crippen LogP contribution in [0.25, 0.3) is 0 Å². The Balaban J connectivity index is 1.45. The second kappa shape index (κ2) is 7.32. The van der Waals surface area contributed by atoms with E-state index in [1.807, 2.05) is 12.1 Å². The molecule has 0 amide bonds. The fraction of sp³-hybridized carbons (Fsp3) is 0.450. The van der Waals surface area contributed by atoms with Gasteiger partial charge in [0.1, 0.15) is 18.0 Å². The summed E-state index contributed by atoms with van der Waals surface area (Å²) in [6.07, 6.45) is 6.50. The molecular formula is C20H24N4O2. The van der Waals surface area contributed by atoms with Gasteiger partial charge in [0.05, 0.1) is 5.56 Å². The average molecular weight is 352 g/mol. The topological polar surface area (TPSA) is 69.6 Å². The van der Waals surface area contributed by atoms with E-state index in [1.165, 1.54) is 24.8 Å². The minimum Gasteiger partial charge on any atom is -0.478 e. The maximum Gasteiger partial charge on any atom is 0.335 e. The molecule has 26 heavy (non-hydrogen) atoms. The van der Waals surface area contributed by atoms with E-state index >= 15 is 0 Å². The Labute approximate surface area is 153 Å². The first-order valence-electron chi connectivity index (χ1n) is 9.36. The van der Waals surface area contributed by atoms with E-state index < -0.39 is 5.97 Å². The van der Waals surface area contributed by atoms with Crippen molar-refractivity contribution >= 4 is 17.6 Å². The summed E-state index contributed by atoms with van der Waals surface area (Å²) in [6, 6.07) is 9.38. The largest absolute Gasteiger partial charge is 0.478 e. The van der Waals surface area contributed by atoms with Crippen LogP contribution in [0.5, 0.6) is 0 Å². The van der Waals surface area contributed by atoms with Gasteiger partial charge < -0.3 is 14.9 Å². The van der Waals surface area contributed by atoms with Crippen molar-refractivity contribution in [2.24, 2.45) is 0 Å². The third-order valence-electron chi connectivity index (χ3n) is 5.46. The molecule has 0 spiro atoms. The molecule has 1 aromatic heterocycles. The summed E-state index contributed by atoms with van der Waals surface area (Å²) >= 11 is 0. The molecule has 2 aromatic rings. The SMILES string of the molecule is O=C(O)c1ccc([C@@H]2CCN(c3cc(N4CCCCC4)ncn3)C2)cc1. The standard InChI is InChI=1S/C20H24N4O2/c25-20(26)16-6-4-15(5-7-16)17-8-11-24(13-17)19-12-18(21-14-22-19)23-9-2-1-3-10-23/h4-7,12,14,17H,1-3,8-11,13H2,(H,25,26)/t17-/m1/s1. The molecule has 3 heterocycles. The molecule has 0 unspecified atom stereocenters. The molecule has 2 saturated heterocycles. The Kier molecular flexibility index (Phi) is 4.73. The third kappa shape index (κ3) is 3.49. The summed E-state index contributed by atoms with van der Waals surface area (Å²) in [6.45, 7) is 4.02. The lowest BCUT2D eigenvalue weighted by Crippen LogP contribution is -2.30. The van der Waals surface area contributed by atoms with Crippen molar-refractivity contribution < 1.29 is 9.90 Å². The summed E-state index contributed by atoms with van der Waals surface area (Å²) in [4.78, 5) is 24.6. The van der Waals surface area contributed by atoms with E-state index in [9.17, 15) is 4.79 Å². The van der Waals surface area contributed by atoms with Crippen molar-refractivity contribution in [2.45, 2.75) is 31.6 Å². The lowest BCUT2D eigenvalue weighted by atomic mass is 9.97. The van der Waals surface area contributed by atoms with E-state index in [0.29, 0.717) is 11.5 Å². The summed E-state index contributed by atoms with van der Waals surface area (Å²) in [5, 5.41) is 9.04. The molecule has 1 atom stereocenters. The average Bonchev–Trinajstić information content (AvgIpc) is 3.19. The summed E-state index contributed by atoms with van der Waals surface area (Å²) in [5.74, 6) is 1.55. The van der Waals surface area contributed by atoms with E-state index in [2.05, 4.69) is 25.8 Å². The van der Waals surface area contributed by atoms with Gasteiger partial charge in [-0.1, -0.05) is 12.1 Å². The second-order valence-electron chi connectivity index (χ2n) is 7.14. The quantitative estimate of drug-likeness (QED) is 0.911. The fourth-order valence-electron chi connectivity index (χ4n) is 3.94. The first-order chi connectivity index (χ1) is 12.7. The Bertz CT molecular complexity index is 772. The number of carboxylic acid groups (broad SMARTS) is 1. The predicted molar refractivity (Wildman–Crippen MR) is 101 cm³/mol. The van der Waals surface area contributed by atoms with Gasteiger partial charge in [-0.05, 0) is 43.4 Å². The highest BCUT2D eigenvalue weighted by Crippen LogP contribution is 2.31.